The molecule has 3 aliphatic rings. The second-order valence-corrected chi connectivity index (χ2v) is 10.9. The van der Waals surface area contributed by atoms with Gasteiger partial charge in [0.05, 0.1) is 17.0 Å². The van der Waals surface area contributed by atoms with E-state index in [1.807, 2.05) is 77.4 Å². The minimum absolute atomic E-state index is 0.00557. The summed E-state index contributed by atoms with van der Waals surface area (Å²) in [5, 5.41) is 0. The summed E-state index contributed by atoms with van der Waals surface area (Å²) >= 11 is 1.48. The fourth-order valence-electron chi connectivity index (χ4n) is 5.91. The Morgan fingerprint density at radius 2 is 1.92 bits per heavy atom. The molecule has 3 aromatic rings. The first-order valence-electron chi connectivity index (χ1n) is 13.0. The Labute approximate surface area is 226 Å². The van der Waals surface area contributed by atoms with Gasteiger partial charge in [0.15, 0.2) is 11.5 Å². The molecule has 0 spiro atoms. The normalized spacial score (nSPS) is 21.8. The average Bonchev–Trinajstić information content (AvgIpc) is 3.55. The van der Waals surface area contributed by atoms with Crippen molar-refractivity contribution < 1.29 is 19.1 Å². The molecule has 1 fully saturated rings. The molecule has 1 aromatic heterocycles. The van der Waals surface area contributed by atoms with Crippen molar-refractivity contribution >= 4 is 23.2 Å². The van der Waals surface area contributed by atoms with Crippen molar-refractivity contribution in [3.63, 3.8) is 0 Å². The van der Waals surface area contributed by atoms with Gasteiger partial charge in [0.25, 0.3) is 11.8 Å². The highest BCUT2D eigenvalue weighted by atomic mass is 32.1. The first-order chi connectivity index (χ1) is 18.6. The predicted molar refractivity (Wildman–Crippen MR) is 149 cm³/mol. The number of hydrogen-bond acceptors (Lipinski definition) is 5. The molecule has 3 atom stereocenters. The van der Waals surface area contributed by atoms with Crippen LogP contribution in [0.5, 0.6) is 11.5 Å². The van der Waals surface area contributed by atoms with Gasteiger partial charge in [-0.15, -0.1) is 17.9 Å². The van der Waals surface area contributed by atoms with Crippen molar-refractivity contribution in [1.29, 1.82) is 0 Å². The Morgan fingerprint density at radius 1 is 1.11 bits per heavy atom. The Hall–Kier alpha value is -3.84. The quantitative estimate of drug-likeness (QED) is 0.363. The van der Waals surface area contributed by atoms with Gasteiger partial charge in [0.1, 0.15) is 13.2 Å². The van der Waals surface area contributed by atoms with Gasteiger partial charge in [0.2, 0.25) is 0 Å². The maximum absolute atomic E-state index is 13.9. The van der Waals surface area contributed by atoms with Crippen LogP contribution in [-0.4, -0.2) is 53.5 Å². The molecule has 6 nitrogen and oxygen atoms in total. The van der Waals surface area contributed by atoms with E-state index in [9.17, 15) is 9.59 Å². The molecule has 0 aliphatic carbocycles. The van der Waals surface area contributed by atoms with E-state index >= 15 is 0 Å². The van der Waals surface area contributed by atoms with E-state index in [4.69, 9.17) is 9.47 Å². The van der Waals surface area contributed by atoms with Crippen LogP contribution >= 0.6 is 11.3 Å². The monoisotopic (exact) mass is 526 g/mol. The van der Waals surface area contributed by atoms with Gasteiger partial charge in [-0.1, -0.05) is 36.4 Å². The van der Waals surface area contributed by atoms with Gasteiger partial charge in [-0.3, -0.25) is 9.59 Å². The molecule has 0 unspecified atom stereocenters. The number of piperidine rings is 1. The summed E-state index contributed by atoms with van der Waals surface area (Å²) in [6, 6.07) is 17.5. The molecular formula is C31H30N2O4S. The zero-order valence-electron chi connectivity index (χ0n) is 21.3. The zero-order chi connectivity index (χ0) is 26.2. The highest BCUT2D eigenvalue weighted by molar-refractivity contribution is 7.17. The molecular weight excluding hydrogens is 496 g/mol. The van der Waals surface area contributed by atoms with Gasteiger partial charge >= 0.3 is 0 Å². The van der Waals surface area contributed by atoms with Crippen molar-refractivity contribution in [3.05, 3.63) is 95.4 Å². The SMILES string of the molecule is C=CCN(C(=O)c1ccc(-c2ccc3c(c2)OCCO3)s1)[C@H]1C[C@@H](/C=C/C)N2C(=O)c3ccccc3[C@@H]2C1. The Kier molecular flexibility index (Phi) is 6.54. The minimum Gasteiger partial charge on any atom is -0.486 e. The number of ether oxygens (including phenoxy) is 2. The zero-order valence-corrected chi connectivity index (χ0v) is 22.2. The van der Waals surface area contributed by atoms with Crippen LogP contribution in [0.1, 0.15) is 51.4 Å². The molecule has 0 N–H and O–H groups in total. The van der Waals surface area contributed by atoms with Crippen molar-refractivity contribution in [2.24, 2.45) is 0 Å². The molecule has 2 amide bonds. The fraction of sp³-hybridized carbons (Fsp3) is 0.290. The second kappa shape index (κ2) is 10.1. The third-order valence-corrected chi connectivity index (χ3v) is 8.69. The van der Waals surface area contributed by atoms with Gasteiger partial charge in [0, 0.05) is 23.0 Å². The van der Waals surface area contributed by atoms with Crippen molar-refractivity contribution in [3.8, 4) is 21.9 Å². The van der Waals surface area contributed by atoms with Gasteiger partial charge in [-0.25, -0.2) is 0 Å². The van der Waals surface area contributed by atoms with Crippen LogP contribution in [-0.2, 0) is 0 Å². The standard InChI is InChI=1S/C31H30N2O4S/c1-3-7-21-18-22(19-25-23-8-5-6-9-24(23)30(34)33(21)25)32(14-4-2)31(35)29-13-12-28(38-29)20-10-11-26-27(17-20)37-16-15-36-26/h3-13,17,21-22,25H,2,14-16,18-19H2,1H3/b7-3+/t21-,22+,25+/m1/s1. The van der Waals surface area contributed by atoms with Crippen LogP contribution in [0.4, 0.5) is 0 Å². The lowest BCUT2D eigenvalue weighted by atomic mass is 9.88. The van der Waals surface area contributed by atoms with Gasteiger partial charge in [-0.05, 0) is 67.3 Å². The largest absolute Gasteiger partial charge is 0.486 e. The molecule has 0 bridgehead atoms. The van der Waals surface area contributed by atoms with E-state index in [2.05, 4.69) is 12.7 Å². The lowest BCUT2D eigenvalue weighted by Crippen LogP contribution is -2.51. The highest BCUT2D eigenvalue weighted by Crippen LogP contribution is 2.44. The first-order valence-corrected chi connectivity index (χ1v) is 13.9. The van der Waals surface area contributed by atoms with E-state index in [1.54, 1.807) is 6.08 Å². The highest BCUT2D eigenvalue weighted by Gasteiger charge is 2.46. The minimum atomic E-state index is -0.0691. The summed E-state index contributed by atoms with van der Waals surface area (Å²) in [7, 11) is 0. The lowest BCUT2D eigenvalue weighted by Gasteiger charge is -2.44. The molecule has 2 aromatic carbocycles. The van der Waals surface area contributed by atoms with Crippen LogP contribution in [0.3, 0.4) is 0 Å². The summed E-state index contributed by atoms with van der Waals surface area (Å²) in [6.45, 7) is 7.45. The number of carbonyl (C=O) groups is 2. The summed E-state index contributed by atoms with van der Waals surface area (Å²) in [4.78, 5) is 32.8. The maximum atomic E-state index is 13.9. The first kappa shape index (κ1) is 24.5. The Balaban J connectivity index is 1.28. The van der Waals surface area contributed by atoms with Gasteiger partial charge in [-0.2, -0.15) is 0 Å². The Morgan fingerprint density at radius 3 is 2.74 bits per heavy atom. The molecule has 4 heterocycles. The molecule has 6 rings (SSSR count). The smallest absolute Gasteiger partial charge is 0.264 e. The van der Waals surface area contributed by atoms with Gasteiger partial charge < -0.3 is 19.3 Å². The summed E-state index contributed by atoms with van der Waals surface area (Å²) in [5.74, 6) is 1.56. The third kappa shape index (κ3) is 4.21. The maximum Gasteiger partial charge on any atom is 0.264 e. The number of rotatable bonds is 6. The number of fused-ring (bicyclic) bond motifs is 4. The van der Waals surface area contributed by atoms with Crippen LogP contribution in [0.15, 0.2) is 79.4 Å². The molecule has 38 heavy (non-hydrogen) atoms. The number of carbonyl (C=O) groups excluding carboxylic acids is 2. The summed E-state index contributed by atoms with van der Waals surface area (Å²) < 4.78 is 11.4. The number of amides is 2. The van der Waals surface area contributed by atoms with E-state index in [-0.39, 0.29) is 29.9 Å². The summed E-state index contributed by atoms with van der Waals surface area (Å²) in [6.07, 6.45) is 7.28. The lowest BCUT2D eigenvalue weighted by molar-refractivity contribution is 0.0350. The number of nitrogens with zero attached hydrogens (tertiary/aromatic N) is 2. The van der Waals surface area contributed by atoms with Crippen molar-refractivity contribution in [2.45, 2.75) is 37.9 Å². The number of thiophene rings is 1. The number of hydrogen-bond donors (Lipinski definition) is 0. The molecule has 0 radical (unpaired) electrons. The third-order valence-electron chi connectivity index (χ3n) is 7.57. The summed E-state index contributed by atoms with van der Waals surface area (Å²) in [5.41, 5.74) is 2.83. The fourth-order valence-corrected chi connectivity index (χ4v) is 6.87. The van der Waals surface area contributed by atoms with E-state index in [1.165, 1.54) is 11.3 Å². The molecule has 0 saturated carbocycles. The van der Waals surface area contributed by atoms with Crippen molar-refractivity contribution in [2.75, 3.05) is 19.8 Å². The van der Waals surface area contributed by atoms with Crippen molar-refractivity contribution in [1.82, 2.24) is 9.80 Å². The van der Waals surface area contributed by atoms with Crippen LogP contribution in [0.25, 0.3) is 10.4 Å². The van der Waals surface area contributed by atoms with Crippen LogP contribution < -0.4 is 9.47 Å². The Bertz CT molecular complexity index is 1430. The van der Waals surface area contributed by atoms with E-state index in [0.717, 1.165) is 33.1 Å². The number of allylic oxidation sites excluding steroid dienone is 1. The molecule has 7 heteroatoms. The van der Waals surface area contributed by atoms with E-state index in [0.29, 0.717) is 37.5 Å². The van der Waals surface area contributed by atoms with Crippen LogP contribution in [0, 0.1) is 0 Å². The molecule has 3 aliphatic heterocycles. The molecule has 194 valence electrons. The predicted octanol–water partition coefficient (Wildman–Crippen LogP) is 6.12. The molecule has 1 saturated heterocycles. The topological polar surface area (TPSA) is 59.1 Å². The average molecular weight is 527 g/mol. The van der Waals surface area contributed by atoms with E-state index < -0.39 is 0 Å². The van der Waals surface area contributed by atoms with Crippen LogP contribution in [0.2, 0.25) is 0 Å². The number of benzene rings is 2. The second-order valence-electron chi connectivity index (χ2n) is 9.80.